The number of aromatic nitrogens is 2. The molecule has 110 valence electrons. The molecule has 2 N–H and O–H groups in total. The fourth-order valence-corrected chi connectivity index (χ4v) is 3.48. The highest BCUT2D eigenvalue weighted by Gasteiger charge is 2.42. The second kappa shape index (κ2) is 5.18. The Labute approximate surface area is 118 Å². The van der Waals surface area contributed by atoms with Gasteiger partial charge in [-0.05, 0) is 25.7 Å². The number of carbonyl (C=O) groups is 1. The van der Waals surface area contributed by atoms with Gasteiger partial charge in [0.2, 0.25) is 0 Å². The van der Waals surface area contributed by atoms with Crippen molar-refractivity contribution in [3.05, 3.63) is 18.2 Å². The molecule has 6 heteroatoms. The largest absolute Gasteiger partial charge is 0.468 e. The van der Waals surface area contributed by atoms with Crippen molar-refractivity contribution in [2.45, 2.75) is 50.4 Å². The van der Waals surface area contributed by atoms with Crippen LogP contribution in [0.15, 0.2) is 12.4 Å². The molecule has 2 heterocycles. The van der Waals surface area contributed by atoms with Crippen molar-refractivity contribution in [1.82, 2.24) is 14.5 Å². The number of hydrogen-bond acceptors (Lipinski definition) is 5. The molecule has 2 unspecified atom stereocenters. The van der Waals surface area contributed by atoms with Crippen LogP contribution in [0.2, 0.25) is 0 Å². The molecule has 1 aliphatic heterocycles. The van der Waals surface area contributed by atoms with E-state index in [0.717, 1.165) is 44.7 Å². The van der Waals surface area contributed by atoms with Gasteiger partial charge < -0.3 is 15.0 Å². The topological polar surface area (TPSA) is 73.4 Å². The number of hydrogen-bond donors (Lipinski definition) is 1. The second-order valence-electron chi connectivity index (χ2n) is 5.91. The molecule has 2 atom stereocenters. The molecule has 1 aliphatic carbocycles. The predicted molar refractivity (Wildman–Crippen MR) is 73.8 cm³/mol. The summed E-state index contributed by atoms with van der Waals surface area (Å²) in [6, 6.07) is 0.346. The zero-order chi connectivity index (χ0) is 14.2. The number of carbonyl (C=O) groups excluding carboxylic acids is 1. The normalized spacial score (nSPS) is 30.8. The average Bonchev–Trinajstić information content (AvgIpc) is 2.93. The van der Waals surface area contributed by atoms with Crippen molar-refractivity contribution in [1.29, 1.82) is 0 Å². The van der Waals surface area contributed by atoms with E-state index in [1.54, 1.807) is 0 Å². The first-order valence-electron chi connectivity index (χ1n) is 7.24. The Morgan fingerprint density at radius 2 is 2.40 bits per heavy atom. The van der Waals surface area contributed by atoms with Gasteiger partial charge in [0.15, 0.2) is 0 Å². The Balaban J connectivity index is 1.70. The van der Waals surface area contributed by atoms with Crippen LogP contribution in [0, 0.1) is 0 Å². The summed E-state index contributed by atoms with van der Waals surface area (Å²) in [5.74, 6) is 0.822. The van der Waals surface area contributed by atoms with Crippen LogP contribution < -0.4 is 5.73 Å². The smallest absolute Gasteiger partial charge is 0.325 e. The maximum absolute atomic E-state index is 11.9. The summed E-state index contributed by atoms with van der Waals surface area (Å²) in [6.07, 6.45) is 7.34. The van der Waals surface area contributed by atoms with Crippen molar-refractivity contribution in [3.8, 4) is 0 Å². The molecule has 1 aromatic heterocycles. The molecule has 0 saturated heterocycles. The number of rotatable bonds is 2. The number of ether oxygens (including phenoxy) is 1. The van der Waals surface area contributed by atoms with E-state index in [2.05, 4.69) is 14.5 Å². The van der Waals surface area contributed by atoms with Gasteiger partial charge in [-0.25, -0.2) is 4.98 Å². The van der Waals surface area contributed by atoms with Crippen LogP contribution in [0.25, 0.3) is 0 Å². The van der Waals surface area contributed by atoms with E-state index in [4.69, 9.17) is 10.5 Å². The first-order chi connectivity index (χ1) is 9.62. The lowest BCUT2D eigenvalue weighted by atomic mass is 9.79. The van der Waals surface area contributed by atoms with Crippen molar-refractivity contribution < 1.29 is 9.53 Å². The Morgan fingerprint density at radius 1 is 1.55 bits per heavy atom. The Morgan fingerprint density at radius 3 is 3.20 bits per heavy atom. The van der Waals surface area contributed by atoms with E-state index in [-0.39, 0.29) is 5.97 Å². The van der Waals surface area contributed by atoms with Crippen molar-refractivity contribution in [3.63, 3.8) is 0 Å². The van der Waals surface area contributed by atoms with Gasteiger partial charge in [-0.3, -0.25) is 9.69 Å². The number of fused-ring (bicyclic) bond motifs is 1. The van der Waals surface area contributed by atoms with E-state index in [1.165, 1.54) is 7.11 Å². The summed E-state index contributed by atoms with van der Waals surface area (Å²) in [5.41, 5.74) is 5.45. The van der Waals surface area contributed by atoms with Crippen LogP contribution in [0.3, 0.4) is 0 Å². The lowest BCUT2D eigenvalue weighted by Crippen LogP contribution is -2.56. The van der Waals surface area contributed by atoms with Gasteiger partial charge >= 0.3 is 5.97 Å². The lowest BCUT2D eigenvalue weighted by molar-refractivity contribution is -0.149. The molecule has 1 aromatic rings. The van der Waals surface area contributed by atoms with Crippen molar-refractivity contribution in [2.75, 3.05) is 13.7 Å². The highest BCUT2D eigenvalue weighted by atomic mass is 16.5. The quantitative estimate of drug-likeness (QED) is 0.798. The average molecular weight is 278 g/mol. The monoisotopic (exact) mass is 278 g/mol. The maximum Gasteiger partial charge on any atom is 0.325 e. The summed E-state index contributed by atoms with van der Waals surface area (Å²) in [4.78, 5) is 18.7. The molecule has 1 saturated carbocycles. The molecular weight excluding hydrogens is 256 g/mol. The zero-order valence-electron chi connectivity index (χ0n) is 11.9. The van der Waals surface area contributed by atoms with E-state index < -0.39 is 5.54 Å². The number of nitrogens with two attached hydrogens (primary N) is 1. The van der Waals surface area contributed by atoms with Gasteiger partial charge in [-0.2, -0.15) is 0 Å². The highest BCUT2D eigenvalue weighted by molar-refractivity contribution is 5.80. The number of methoxy groups -OCH3 is 1. The van der Waals surface area contributed by atoms with Gasteiger partial charge in [0.05, 0.1) is 13.7 Å². The Bertz CT molecular complexity index is 501. The standard InChI is InChI=1S/C14H22N4O2/c1-20-13(19)14(15)4-2-3-11(9-14)18-8-7-17-6-5-16-12(17)10-18/h5-6,11H,2-4,7-10,15H2,1H3. The fraction of sp³-hybridized carbons (Fsp3) is 0.714. The third-order valence-corrected chi connectivity index (χ3v) is 4.64. The lowest BCUT2D eigenvalue weighted by Gasteiger charge is -2.42. The number of esters is 1. The van der Waals surface area contributed by atoms with Crippen LogP contribution in [0.1, 0.15) is 31.5 Å². The molecule has 6 nitrogen and oxygen atoms in total. The van der Waals surface area contributed by atoms with Crippen LogP contribution in [0.5, 0.6) is 0 Å². The second-order valence-corrected chi connectivity index (χ2v) is 5.91. The molecule has 0 radical (unpaired) electrons. The van der Waals surface area contributed by atoms with Gasteiger partial charge in [-0.1, -0.05) is 0 Å². The third-order valence-electron chi connectivity index (χ3n) is 4.64. The first kappa shape index (κ1) is 13.6. The molecule has 0 spiro atoms. The van der Waals surface area contributed by atoms with Gasteiger partial charge in [0, 0.05) is 31.5 Å². The van der Waals surface area contributed by atoms with E-state index in [9.17, 15) is 4.79 Å². The minimum absolute atomic E-state index is 0.277. The molecule has 1 fully saturated rings. The summed E-state index contributed by atoms with van der Waals surface area (Å²) < 4.78 is 7.06. The molecule has 0 amide bonds. The van der Waals surface area contributed by atoms with Crippen LogP contribution in [-0.4, -0.2) is 45.7 Å². The maximum atomic E-state index is 11.9. The minimum atomic E-state index is -0.815. The number of imidazole rings is 1. The van der Waals surface area contributed by atoms with E-state index in [0.29, 0.717) is 12.5 Å². The zero-order valence-corrected chi connectivity index (χ0v) is 11.9. The third kappa shape index (κ3) is 2.33. The van der Waals surface area contributed by atoms with Gasteiger partial charge in [-0.15, -0.1) is 0 Å². The summed E-state index contributed by atoms with van der Waals surface area (Å²) in [6.45, 7) is 2.79. The molecule has 3 rings (SSSR count). The van der Waals surface area contributed by atoms with E-state index in [1.807, 2.05) is 12.4 Å². The summed E-state index contributed by atoms with van der Waals surface area (Å²) in [5, 5.41) is 0. The van der Waals surface area contributed by atoms with Crippen molar-refractivity contribution >= 4 is 5.97 Å². The summed E-state index contributed by atoms with van der Waals surface area (Å²) in [7, 11) is 1.41. The first-order valence-corrected chi connectivity index (χ1v) is 7.24. The van der Waals surface area contributed by atoms with Crippen LogP contribution >= 0.6 is 0 Å². The van der Waals surface area contributed by atoms with Gasteiger partial charge in [0.25, 0.3) is 0 Å². The van der Waals surface area contributed by atoms with Crippen molar-refractivity contribution in [2.24, 2.45) is 5.73 Å². The molecule has 0 aromatic carbocycles. The molecular formula is C14H22N4O2. The summed E-state index contributed by atoms with van der Waals surface area (Å²) >= 11 is 0. The Hall–Kier alpha value is -1.40. The SMILES string of the molecule is COC(=O)C1(N)CCCC(N2CCn3ccnc3C2)C1. The Kier molecular flexibility index (Phi) is 3.52. The molecule has 20 heavy (non-hydrogen) atoms. The molecule has 0 bridgehead atoms. The highest BCUT2D eigenvalue weighted by Crippen LogP contribution is 2.31. The predicted octanol–water partition coefficient (Wildman–Crippen LogP) is 0.512. The van der Waals surface area contributed by atoms with Crippen LogP contribution in [-0.2, 0) is 22.6 Å². The fourth-order valence-electron chi connectivity index (χ4n) is 3.48. The number of nitrogens with zero attached hydrogens (tertiary/aromatic N) is 3. The minimum Gasteiger partial charge on any atom is -0.468 e. The van der Waals surface area contributed by atoms with E-state index >= 15 is 0 Å². The molecule has 2 aliphatic rings. The van der Waals surface area contributed by atoms with Gasteiger partial charge in [0.1, 0.15) is 11.4 Å². The van der Waals surface area contributed by atoms with Crippen LogP contribution in [0.4, 0.5) is 0 Å².